The van der Waals surface area contributed by atoms with Gasteiger partial charge in [-0.05, 0) is 24.3 Å². The monoisotopic (exact) mass is 290 g/mol. The van der Waals surface area contributed by atoms with Gasteiger partial charge in [-0.2, -0.15) is 5.10 Å². The molecule has 0 amide bonds. The van der Waals surface area contributed by atoms with Gasteiger partial charge in [0.2, 0.25) is 0 Å². The average Bonchev–Trinajstić information content (AvgIpc) is 2.81. The van der Waals surface area contributed by atoms with Crippen molar-refractivity contribution in [3.05, 3.63) is 60.2 Å². The molecule has 0 saturated heterocycles. The topological polar surface area (TPSA) is 56.7 Å². The van der Waals surface area contributed by atoms with Crippen molar-refractivity contribution >= 4 is 5.69 Å². The van der Waals surface area contributed by atoms with Crippen molar-refractivity contribution in [3.8, 4) is 17.1 Å². The third-order valence-electron chi connectivity index (χ3n) is 2.87. The molecule has 0 bridgehead atoms. The molecule has 3 aromatic rings. The van der Waals surface area contributed by atoms with Gasteiger partial charge in [-0.1, -0.05) is 0 Å². The van der Waals surface area contributed by atoms with E-state index in [0.29, 0.717) is 11.4 Å². The second-order valence-corrected chi connectivity index (χ2v) is 4.34. The second-order valence-electron chi connectivity index (χ2n) is 4.34. The Morgan fingerprint density at radius 1 is 1.00 bits per heavy atom. The molecule has 4 nitrogen and oxygen atoms in total. The molecule has 3 rings (SSSR count). The van der Waals surface area contributed by atoms with Gasteiger partial charge < -0.3 is 5.73 Å². The first-order valence-electron chi connectivity index (χ1n) is 5.97. The summed E-state index contributed by atoms with van der Waals surface area (Å²) in [6.45, 7) is 0. The molecular weight excluding hydrogens is 281 g/mol. The number of nitrogen functional groups attached to an aromatic ring is 1. The van der Waals surface area contributed by atoms with Crippen LogP contribution in [-0.2, 0) is 0 Å². The number of hydrogen-bond donors (Lipinski definition) is 1. The Morgan fingerprint density at radius 3 is 2.43 bits per heavy atom. The van der Waals surface area contributed by atoms with Crippen molar-refractivity contribution in [2.24, 2.45) is 0 Å². The standard InChI is InChI=1S/C14H9F3N4/c15-8-2-4-13(10(17)5-8)21-7-11(18)14(20-21)12-3-1-9(16)6-19-12/h1-7H,18H2. The highest BCUT2D eigenvalue weighted by Crippen LogP contribution is 2.24. The fraction of sp³-hybridized carbons (Fsp3) is 0. The van der Waals surface area contributed by atoms with Gasteiger partial charge in [0.25, 0.3) is 0 Å². The lowest BCUT2D eigenvalue weighted by Crippen LogP contribution is -1.99. The summed E-state index contributed by atoms with van der Waals surface area (Å²) in [5.74, 6) is -1.94. The summed E-state index contributed by atoms with van der Waals surface area (Å²) < 4.78 is 40.7. The van der Waals surface area contributed by atoms with E-state index in [1.54, 1.807) is 0 Å². The molecule has 1 aromatic carbocycles. The fourth-order valence-electron chi connectivity index (χ4n) is 1.89. The highest BCUT2D eigenvalue weighted by atomic mass is 19.1. The molecule has 0 aliphatic rings. The minimum atomic E-state index is -0.767. The predicted octanol–water partition coefficient (Wildman–Crippen LogP) is 2.93. The van der Waals surface area contributed by atoms with Gasteiger partial charge in [0.05, 0.1) is 23.8 Å². The maximum atomic E-state index is 13.7. The number of hydrogen-bond acceptors (Lipinski definition) is 3. The van der Waals surface area contributed by atoms with Crippen molar-refractivity contribution in [1.82, 2.24) is 14.8 Å². The van der Waals surface area contributed by atoms with Crippen LogP contribution < -0.4 is 5.73 Å². The summed E-state index contributed by atoms with van der Waals surface area (Å²) in [6, 6.07) is 5.76. The Hall–Kier alpha value is -2.83. The van der Waals surface area contributed by atoms with E-state index in [-0.39, 0.29) is 11.4 Å². The van der Waals surface area contributed by atoms with Crippen LogP contribution in [0.5, 0.6) is 0 Å². The molecule has 0 spiro atoms. The van der Waals surface area contributed by atoms with Crippen molar-refractivity contribution in [1.29, 1.82) is 0 Å². The van der Waals surface area contributed by atoms with Crippen LogP contribution >= 0.6 is 0 Å². The summed E-state index contributed by atoms with van der Waals surface area (Å²) in [4.78, 5) is 3.87. The second kappa shape index (κ2) is 4.93. The summed E-state index contributed by atoms with van der Waals surface area (Å²) in [5.41, 5.74) is 6.76. The molecule has 0 fully saturated rings. The molecule has 2 N–H and O–H groups in total. The van der Waals surface area contributed by atoms with Crippen LogP contribution in [0.4, 0.5) is 18.9 Å². The largest absolute Gasteiger partial charge is 0.396 e. The van der Waals surface area contributed by atoms with E-state index >= 15 is 0 Å². The third kappa shape index (κ3) is 2.45. The van der Waals surface area contributed by atoms with Crippen LogP contribution in [0.25, 0.3) is 17.1 Å². The summed E-state index contributed by atoms with van der Waals surface area (Å²) in [5, 5.41) is 4.11. The van der Waals surface area contributed by atoms with E-state index in [1.807, 2.05) is 0 Å². The lowest BCUT2D eigenvalue weighted by atomic mass is 10.2. The van der Waals surface area contributed by atoms with Gasteiger partial charge in [0, 0.05) is 6.07 Å². The molecule has 0 saturated carbocycles. The normalized spacial score (nSPS) is 10.8. The van der Waals surface area contributed by atoms with Crippen LogP contribution in [0.1, 0.15) is 0 Å². The predicted molar refractivity (Wildman–Crippen MR) is 71.1 cm³/mol. The average molecular weight is 290 g/mol. The van der Waals surface area contributed by atoms with Crippen LogP contribution in [-0.4, -0.2) is 14.8 Å². The van der Waals surface area contributed by atoms with Crippen molar-refractivity contribution in [2.45, 2.75) is 0 Å². The number of aromatic nitrogens is 3. The van der Waals surface area contributed by atoms with Gasteiger partial charge in [-0.25, -0.2) is 17.9 Å². The lowest BCUT2D eigenvalue weighted by Gasteiger charge is -2.02. The molecule has 21 heavy (non-hydrogen) atoms. The van der Waals surface area contributed by atoms with Gasteiger partial charge in [-0.15, -0.1) is 0 Å². The Labute approximate surface area is 117 Å². The van der Waals surface area contributed by atoms with Gasteiger partial charge in [-0.3, -0.25) is 4.98 Å². The number of halogens is 3. The zero-order valence-corrected chi connectivity index (χ0v) is 10.6. The SMILES string of the molecule is Nc1cn(-c2ccc(F)cc2F)nc1-c1ccc(F)cn1. The Morgan fingerprint density at radius 2 is 1.76 bits per heavy atom. The first kappa shape index (κ1) is 13.2. The quantitative estimate of drug-likeness (QED) is 0.789. The zero-order valence-electron chi connectivity index (χ0n) is 10.6. The van der Waals surface area contributed by atoms with Gasteiger partial charge in [0.15, 0.2) is 5.82 Å². The molecule has 0 unspecified atom stereocenters. The minimum Gasteiger partial charge on any atom is -0.396 e. The molecule has 0 atom stereocenters. The summed E-state index contributed by atoms with van der Waals surface area (Å²) >= 11 is 0. The molecule has 7 heteroatoms. The summed E-state index contributed by atoms with van der Waals surface area (Å²) in [7, 11) is 0. The first-order chi connectivity index (χ1) is 10.0. The number of benzene rings is 1. The molecule has 2 heterocycles. The minimum absolute atomic E-state index is 0.0523. The van der Waals surface area contributed by atoms with E-state index in [0.717, 1.165) is 18.3 Å². The van der Waals surface area contributed by atoms with E-state index < -0.39 is 17.5 Å². The van der Waals surface area contributed by atoms with E-state index in [4.69, 9.17) is 5.73 Å². The maximum Gasteiger partial charge on any atom is 0.151 e. The van der Waals surface area contributed by atoms with E-state index in [2.05, 4.69) is 10.1 Å². The van der Waals surface area contributed by atoms with E-state index in [1.165, 1.54) is 29.1 Å². The Kier molecular flexibility index (Phi) is 3.09. The van der Waals surface area contributed by atoms with Crippen molar-refractivity contribution in [2.75, 3.05) is 5.73 Å². The van der Waals surface area contributed by atoms with Crippen LogP contribution in [0.2, 0.25) is 0 Å². The van der Waals surface area contributed by atoms with Crippen LogP contribution in [0.3, 0.4) is 0 Å². The number of nitrogens with zero attached hydrogens (tertiary/aromatic N) is 3. The van der Waals surface area contributed by atoms with Crippen molar-refractivity contribution < 1.29 is 13.2 Å². The third-order valence-corrected chi connectivity index (χ3v) is 2.87. The fourth-order valence-corrected chi connectivity index (χ4v) is 1.89. The van der Waals surface area contributed by atoms with E-state index in [9.17, 15) is 13.2 Å². The highest BCUT2D eigenvalue weighted by Gasteiger charge is 2.13. The molecular formula is C14H9F3N4. The first-order valence-corrected chi connectivity index (χ1v) is 5.97. The zero-order chi connectivity index (χ0) is 15.0. The highest BCUT2D eigenvalue weighted by molar-refractivity contribution is 5.69. The number of pyridine rings is 1. The van der Waals surface area contributed by atoms with Crippen molar-refractivity contribution in [3.63, 3.8) is 0 Å². The van der Waals surface area contributed by atoms with Gasteiger partial charge >= 0.3 is 0 Å². The van der Waals surface area contributed by atoms with Crippen LogP contribution in [0.15, 0.2) is 42.7 Å². The Bertz CT molecular complexity index is 796. The number of anilines is 1. The maximum absolute atomic E-state index is 13.7. The Balaban J connectivity index is 2.07. The molecule has 0 aliphatic carbocycles. The van der Waals surface area contributed by atoms with Gasteiger partial charge in [0.1, 0.15) is 23.0 Å². The number of rotatable bonds is 2. The lowest BCUT2D eigenvalue weighted by molar-refractivity contribution is 0.574. The molecule has 2 aromatic heterocycles. The van der Waals surface area contributed by atoms with Crippen LogP contribution in [0, 0.1) is 17.5 Å². The molecule has 0 aliphatic heterocycles. The summed E-state index contributed by atoms with van der Waals surface area (Å²) in [6.07, 6.45) is 2.42. The number of nitrogens with two attached hydrogens (primary N) is 1. The smallest absolute Gasteiger partial charge is 0.151 e. The molecule has 106 valence electrons. The molecule has 0 radical (unpaired) electrons.